The average molecular weight is 494 g/mol. The first-order valence-corrected chi connectivity index (χ1v) is 11.6. The van der Waals surface area contributed by atoms with Crippen molar-refractivity contribution in [2.45, 2.75) is 50.9 Å². The molecule has 33 heavy (non-hydrogen) atoms. The summed E-state index contributed by atoms with van der Waals surface area (Å²) in [6.07, 6.45) is 1.98. The zero-order valence-corrected chi connectivity index (χ0v) is 19.6. The topological polar surface area (TPSA) is 122 Å². The number of aryl methyl sites for hydroxylation is 1. The Morgan fingerprint density at radius 3 is 2.30 bits per heavy atom. The average Bonchev–Trinajstić information content (AvgIpc) is 3.43. The van der Waals surface area contributed by atoms with Gasteiger partial charge in [-0.15, -0.1) is 0 Å². The number of carbonyl (C=O) groups is 3. The second-order valence-corrected chi connectivity index (χ2v) is 9.26. The number of nitrogens with zero attached hydrogens (tertiary/aromatic N) is 3. The SMILES string of the molecule is Cc1cc(C(=O)N2CCN(C(=O)c3ccc(Cl)c(Cl)c3)C2C(=O)NC2CCC(N)CC2)no1. The molecule has 2 aromatic rings. The molecule has 2 fully saturated rings. The fourth-order valence-electron chi connectivity index (χ4n) is 4.29. The van der Waals surface area contributed by atoms with Crippen LogP contribution in [0.2, 0.25) is 10.0 Å². The maximum Gasteiger partial charge on any atom is 0.278 e. The number of nitrogens with one attached hydrogen (secondary N) is 1. The van der Waals surface area contributed by atoms with Gasteiger partial charge in [-0.3, -0.25) is 14.4 Å². The highest BCUT2D eigenvalue weighted by Crippen LogP contribution is 2.26. The van der Waals surface area contributed by atoms with Crippen molar-refractivity contribution in [1.29, 1.82) is 0 Å². The number of aromatic nitrogens is 1. The molecule has 2 heterocycles. The molecule has 3 N–H and O–H groups in total. The van der Waals surface area contributed by atoms with Crippen molar-refractivity contribution in [3.63, 3.8) is 0 Å². The summed E-state index contributed by atoms with van der Waals surface area (Å²) < 4.78 is 5.02. The van der Waals surface area contributed by atoms with Gasteiger partial charge in [0, 0.05) is 36.8 Å². The van der Waals surface area contributed by atoms with E-state index in [1.54, 1.807) is 13.0 Å². The predicted octanol–water partition coefficient (Wildman–Crippen LogP) is 2.60. The Morgan fingerprint density at radius 2 is 1.70 bits per heavy atom. The van der Waals surface area contributed by atoms with E-state index in [1.165, 1.54) is 28.0 Å². The third-order valence-corrected chi connectivity index (χ3v) is 6.80. The van der Waals surface area contributed by atoms with Crippen molar-refractivity contribution >= 4 is 40.9 Å². The minimum absolute atomic E-state index is 0.0638. The van der Waals surface area contributed by atoms with E-state index in [2.05, 4.69) is 10.5 Å². The third kappa shape index (κ3) is 5.00. The van der Waals surface area contributed by atoms with Crippen LogP contribution < -0.4 is 11.1 Å². The van der Waals surface area contributed by atoms with Crippen LogP contribution in [-0.2, 0) is 4.79 Å². The van der Waals surface area contributed by atoms with Crippen LogP contribution in [0.1, 0.15) is 52.3 Å². The van der Waals surface area contributed by atoms with Gasteiger partial charge in [-0.25, -0.2) is 0 Å². The van der Waals surface area contributed by atoms with Crippen molar-refractivity contribution in [3.05, 3.63) is 51.3 Å². The van der Waals surface area contributed by atoms with Gasteiger partial charge >= 0.3 is 0 Å². The lowest BCUT2D eigenvalue weighted by atomic mass is 9.92. The lowest BCUT2D eigenvalue weighted by Gasteiger charge is -2.32. The van der Waals surface area contributed by atoms with E-state index < -0.39 is 23.9 Å². The summed E-state index contributed by atoms with van der Waals surface area (Å²) in [6, 6.07) is 6.09. The van der Waals surface area contributed by atoms with Gasteiger partial charge in [-0.1, -0.05) is 28.4 Å². The maximum atomic E-state index is 13.4. The van der Waals surface area contributed by atoms with Crippen LogP contribution in [0.15, 0.2) is 28.8 Å². The molecule has 1 unspecified atom stereocenters. The van der Waals surface area contributed by atoms with Crippen molar-refractivity contribution in [2.24, 2.45) is 5.73 Å². The molecular formula is C22H25Cl2N5O4. The van der Waals surface area contributed by atoms with E-state index in [-0.39, 0.29) is 41.5 Å². The Bertz CT molecular complexity index is 1070. The number of nitrogens with two attached hydrogens (primary N) is 1. The Labute approximate surface area is 201 Å². The van der Waals surface area contributed by atoms with Gasteiger partial charge in [0.1, 0.15) is 5.76 Å². The zero-order valence-electron chi connectivity index (χ0n) is 18.1. The number of carbonyl (C=O) groups excluding carboxylic acids is 3. The number of amides is 3. The first kappa shape index (κ1) is 23.5. The monoisotopic (exact) mass is 493 g/mol. The number of hydrogen-bond acceptors (Lipinski definition) is 6. The largest absolute Gasteiger partial charge is 0.361 e. The normalized spacial score (nSPS) is 23.0. The summed E-state index contributed by atoms with van der Waals surface area (Å²) in [5.74, 6) is -0.857. The summed E-state index contributed by atoms with van der Waals surface area (Å²) in [5, 5.41) is 7.33. The van der Waals surface area contributed by atoms with Crippen LogP contribution in [0.25, 0.3) is 0 Å². The van der Waals surface area contributed by atoms with Gasteiger partial charge in [0.25, 0.3) is 17.7 Å². The molecule has 3 amide bonds. The third-order valence-electron chi connectivity index (χ3n) is 6.06. The molecule has 2 aliphatic rings. The number of halogens is 2. The van der Waals surface area contributed by atoms with E-state index in [0.717, 1.165) is 25.7 Å². The van der Waals surface area contributed by atoms with E-state index in [9.17, 15) is 14.4 Å². The molecule has 1 atom stereocenters. The van der Waals surface area contributed by atoms with Gasteiger partial charge in [0.15, 0.2) is 11.9 Å². The molecule has 1 aliphatic carbocycles. The highest BCUT2D eigenvalue weighted by Gasteiger charge is 2.44. The second-order valence-electron chi connectivity index (χ2n) is 8.44. The summed E-state index contributed by atoms with van der Waals surface area (Å²) >= 11 is 12.1. The van der Waals surface area contributed by atoms with E-state index >= 15 is 0 Å². The first-order chi connectivity index (χ1) is 15.7. The van der Waals surface area contributed by atoms with Crippen molar-refractivity contribution in [2.75, 3.05) is 13.1 Å². The number of hydrogen-bond donors (Lipinski definition) is 2. The summed E-state index contributed by atoms with van der Waals surface area (Å²) in [4.78, 5) is 42.6. The Hall–Kier alpha value is -2.62. The number of benzene rings is 1. The van der Waals surface area contributed by atoms with Gasteiger partial charge in [0.2, 0.25) is 0 Å². The Kier molecular flexibility index (Phi) is 6.92. The van der Waals surface area contributed by atoms with Crippen molar-refractivity contribution in [1.82, 2.24) is 20.3 Å². The summed E-state index contributed by atoms with van der Waals surface area (Å²) in [6.45, 7) is 2.02. The van der Waals surface area contributed by atoms with Crippen LogP contribution in [0.4, 0.5) is 0 Å². The fourth-order valence-corrected chi connectivity index (χ4v) is 4.58. The van der Waals surface area contributed by atoms with Crippen LogP contribution in [0, 0.1) is 6.92 Å². The Balaban J connectivity index is 1.60. The predicted molar refractivity (Wildman–Crippen MR) is 122 cm³/mol. The lowest BCUT2D eigenvalue weighted by Crippen LogP contribution is -2.56. The molecule has 0 radical (unpaired) electrons. The standard InChI is InChI=1S/C22H25Cl2N5O4/c1-12-10-18(27-33-12)22(32)29-9-8-28(21(31)13-2-7-16(23)17(24)11-13)20(29)19(30)26-15-5-3-14(25)4-6-15/h2,7,10-11,14-15,20H,3-6,8-9,25H2,1H3,(H,26,30). The minimum atomic E-state index is -1.13. The van der Waals surface area contributed by atoms with Crippen molar-refractivity contribution < 1.29 is 18.9 Å². The molecular weight excluding hydrogens is 469 g/mol. The van der Waals surface area contributed by atoms with Gasteiger partial charge in [-0.2, -0.15) is 0 Å². The minimum Gasteiger partial charge on any atom is -0.361 e. The molecule has 1 saturated heterocycles. The van der Waals surface area contributed by atoms with Gasteiger partial charge in [0.05, 0.1) is 10.0 Å². The maximum absolute atomic E-state index is 13.4. The van der Waals surface area contributed by atoms with Crippen LogP contribution in [0.5, 0.6) is 0 Å². The fraction of sp³-hybridized carbons (Fsp3) is 0.455. The number of rotatable bonds is 4. The molecule has 1 aliphatic heterocycles. The lowest BCUT2D eigenvalue weighted by molar-refractivity contribution is -0.129. The van der Waals surface area contributed by atoms with Crippen LogP contribution >= 0.6 is 23.2 Å². The van der Waals surface area contributed by atoms with E-state index in [0.29, 0.717) is 10.8 Å². The van der Waals surface area contributed by atoms with E-state index in [1.807, 2.05) is 0 Å². The molecule has 1 aromatic carbocycles. The van der Waals surface area contributed by atoms with Crippen molar-refractivity contribution in [3.8, 4) is 0 Å². The highest BCUT2D eigenvalue weighted by atomic mass is 35.5. The molecule has 1 saturated carbocycles. The van der Waals surface area contributed by atoms with Crippen LogP contribution in [-0.4, -0.2) is 64.0 Å². The van der Waals surface area contributed by atoms with E-state index in [4.69, 9.17) is 33.5 Å². The molecule has 11 heteroatoms. The highest BCUT2D eigenvalue weighted by molar-refractivity contribution is 6.42. The molecule has 4 rings (SSSR count). The molecule has 1 aromatic heterocycles. The summed E-state index contributed by atoms with van der Waals surface area (Å²) in [7, 11) is 0. The molecule has 176 valence electrons. The van der Waals surface area contributed by atoms with Gasteiger partial charge in [-0.05, 0) is 50.8 Å². The van der Waals surface area contributed by atoms with Crippen LogP contribution in [0.3, 0.4) is 0 Å². The summed E-state index contributed by atoms with van der Waals surface area (Å²) in [5.41, 5.74) is 6.33. The van der Waals surface area contributed by atoms with Gasteiger partial charge < -0.3 is 25.4 Å². The quantitative estimate of drug-likeness (QED) is 0.674. The smallest absolute Gasteiger partial charge is 0.278 e. The second kappa shape index (κ2) is 9.70. The molecule has 9 nitrogen and oxygen atoms in total. The molecule has 0 bridgehead atoms. The molecule has 0 spiro atoms. The first-order valence-electron chi connectivity index (χ1n) is 10.8. The Morgan fingerprint density at radius 1 is 1.03 bits per heavy atom. The zero-order chi connectivity index (χ0) is 23.7.